The summed E-state index contributed by atoms with van der Waals surface area (Å²) in [6.45, 7) is 1.31. The minimum absolute atomic E-state index is 0.0702. The Kier molecular flexibility index (Phi) is 6.56. The summed E-state index contributed by atoms with van der Waals surface area (Å²) in [5, 5.41) is 2.18. The summed E-state index contributed by atoms with van der Waals surface area (Å²) in [7, 11) is 3.69. The van der Waals surface area contributed by atoms with Crippen molar-refractivity contribution in [3.05, 3.63) is 58.6 Å². The molecule has 0 spiro atoms. The predicted molar refractivity (Wildman–Crippen MR) is 101 cm³/mol. The van der Waals surface area contributed by atoms with Crippen LogP contribution in [-0.4, -0.2) is 32.1 Å². The van der Waals surface area contributed by atoms with E-state index in [9.17, 15) is 22.8 Å². The minimum atomic E-state index is -4.58. The third kappa shape index (κ3) is 5.39. The van der Waals surface area contributed by atoms with Gasteiger partial charge in [0.25, 0.3) is 5.91 Å². The van der Waals surface area contributed by atoms with Gasteiger partial charge < -0.3 is 15.0 Å². The molecular formula is C19H18ClF3N2O3. The Balaban J connectivity index is 2.06. The summed E-state index contributed by atoms with van der Waals surface area (Å²) in [5.41, 5.74) is -0.0681. The van der Waals surface area contributed by atoms with E-state index in [4.69, 9.17) is 16.3 Å². The number of esters is 1. The summed E-state index contributed by atoms with van der Waals surface area (Å²) in [4.78, 5) is 26.2. The molecule has 1 amide bonds. The van der Waals surface area contributed by atoms with Crippen molar-refractivity contribution in [3.63, 3.8) is 0 Å². The van der Waals surface area contributed by atoms with Crippen molar-refractivity contribution < 1.29 is 27.5 Å². The van der Waals surface area contributed by atoms with Crippen molar-refractivity contribution in [2.45, 2.75) is 19.2 Å². The van der Waals surface area contributed by atoms with Gasteiger partial charge in [0, 0.05) is 19.8 Å². The normalized spacial score (nSPS) is 12.2. The fourth-order valence-electron chi connectivity index (χ4n) is 2.21. The zero-order valence-corrected chi connectivity index (χ0v) is 16.1. The molecule has 1 atom stereocenters. The van der Waals surface area contributed by atoms with Gasteiger partial charge in [0.05, 0.1) is 21.8 Å². The first-order valence-corrected chi connectivity index (χ1v) is 8.53. The van der Waals surface area contributed by atoms with Gasteiger partial charge in [-0.3, -0.25) is 4.79 Å². The smallest absolute Gasteiger partial charge is 0.416 e. The van der Waals surface area contributed by atoms with Crippen molar-refractivity contribution >= 4 is 34.9 Å². The number of hydrogen-bond acceptors (Lipinski definition) is 4. The summed E-state index contributed by atoms with van der Waals surface area (Å²) in [5.74, 6) is -1.54. The second-order valence-electron chi connectivity index (χ2n) is 6.17. The summed E-state index contributed by atoms with van der Waals surface area (Å²) in [6.07, 6.45) is -5.83. The van der Waals surface area contributed by atoms with Gasteiger partial charge in [-0.2, -0.15) is 13.2 Å². The van der Waals surface area contributed by atoms with Gasteiger partial charge >= 0.3 is 12.1 Å². The lowest BCUT2D eigenvalue weighted by Gasteiger charge is -2.16. The number of ether oxygens (including phenoxy) is 1. The highest BCUT2D eigenvalue weighted by atomic mass is 35.5. The molecule has 2 rings (SSSR count). The topological polar surface area (TPSA) is 58.6 Å². The van der Waals surface area contributed by atoms with E-state index in [1.165, 1.54) is 6.92 Å². The number of hydrogen-bond donors (Lipinski definition) is 1. The second kappa shape index (κ2) is 8.52. The fourth-order valence-corrected chi connectivity index (χ4v) is 2.37. The van der Waals surface area contributed by atoms with Crippen molar-refractivity contribution in [2.24, 2.45) is 0 Å². The fraction of sp³-hybridized carbons (Fsp3) is 0.263. The van der Waals surface area contributed by atoms with Gasteiger partial charge in [-0.05, 0) is 49.4 Å². The van der Waals surface area contributed by atoms with E-state index in [-0.39, 0.29) is 16.3 Å². The molecule has 0 aliphatic carbocycles. The third-order valence-electron chi connectivity index (χ3n) is 3.82. The summed E-state index contributed by atoms with van der Waals surface area (Å²) in [6, 6.07) is 9.07. The molecule has 0 aliphatic rings. The molecule has 0 heterocycles. The number of anilines is 2. The van der Waals surface area contributed by atoms with E-state index in [2.05, 4.69) is 5.32 Å². The quantitative estimate of drug-likeness (QED) is 0.726. The van der Waals surface area contributed by atoms with Crippen molar-refractivity contribution in [1.29, 1.82) is 0 Å². The average molecular weight is 415 g/mol. The maximum absolute atomic E-state index is 12.8. The van der Waals surface area contributed by atoms with Crippen LogP contribution >= 0.6 is 11.6 Å². The Morgan fingerprint density at radius 2 is 1.71 bits per heavy atom. The van der Waals surface area contributed by atoms with Crippen LogP contribution in [0.5, 0.6) is 0 Å². The summed E-state index contributed by atoms with van der Waals surface area (Å²) < 4.78 is 43.5. The van der Waals surface area contributed by atoms with Crippen LogP contribution in [0.3, 0.4) is 0 Å². The lowest BCUT2D eigenvalue weighted by molar-refractivity contribution is -0.137. The largest absolute Gasteiger partial charge is 0.449 e. The van der Waals surface area contributed by atoms with Crippen LogP contribution in [0, 0.1) is 0 Å². The molecule has 0 radical (unpaired) electrons. The Bertz CT molecular complexity index is 868. The molecule has 2 aromatic rings. The van der Waals surface area contributed by atoms with Crippen LogP contribution in [0.15, 0.2) is 42.5 Å². The number of nitrogens with one attached hydrogen (secondary N) is 1. The van der Waals surface area contributed by atoms with E-state index < -0.39 is 29.7 Å². The van der Waals surface area contributed by atoms with E-state index in [0.29, 0.717) is 0 Å². The van der Waals surface area contributed by atoms with Gasteiger partial charge in [-0.15, -0.1) is 0 Å². The molecular weight excluding hydrogens is 397 g/mol. The molecule has 9 heteroatoms. The number of rotatable bonds is 5. The van der Waals surface area contributed by atoms with Crippen LogP contribution in [0.25, 0.3) is 0 Å². The summed E-state index contributed by atoms with van der Waals surface area (Å²) >= 11 is 5.84. The van der Waals surface area contributed by atoms with Crippen molar-refractivity contribution in [1.82, 2.24) is 0 Å². The average Bonchev–Trinajstić information content (AvgIpc) is 2.62. The number of amides is 1. The molecule has 0 fully saturated rings. The highest BCUT2D eigenvalue weighted by Gasteiger charge is 2.31. The molecule has 150 valence electrons. The monoisotopic (exact) mass is 414 g/mol. The zero-order valence-electron chi connectivity index (χ0n) is 15.3. The maximum Gasteiger partial charge on any atom is 0.416 e. The van der Waals surface area contributed by atoms with Crippen LogP contribution in [0.4, 0.5) is 24.5 Å². The molecule has 0 bridgehead atoms. The molecule has 0 unspecified atom stereocenters. The molecule has 0 saturated carbocycles. The minimum Gasteiger partial charge on any atom is -0.449 e. The number of nitrogens with zero attached hydrogens (tertiary/aromatic N) is 1. The molecule has 0 saturated heterocycles. The Morgan fingerprint density at radius 3 is 2.25 bits per heavy atom. The number of benzene rings is 2. The molecule has 28 heavy (non-hydrogen) atoms. The molecule has 0 aromatic heterocycles. The van der Waals surface area contributed by atoms with Crippen LogP contribution in [-0.2, 0) is 15.7 Å². The van der Waals surface area contributed by atoms with Crippen LogP contribution < -0.4 is 10.2 Å². The number of carbonyl (C=O) groups is 2. The second-order valence-corrected chi connectivity index (χ2v) is 6.58. The van der Waals surface area contributed by atoms with E-state index in [0.717, 1.165) is 23.9 Å². The molecule has 1 N–H and O–H groups in total. The Morgan fingerprint density at radius 1 is 1.11 bits per heavy atom. The number of carbonyl (C=O) groups excluding carboxylic acids is 2. The zero-order chi connectivity index (χ0) is 21.1. The first-order chi connectivity index (χ1) is 13.0. The van der Waals surface area contributed by atoms with Gasteiger partial charge in [0.1, 0.15) is 0 Å². The lowest BCUT2D eigenvalue weighted by Crippen LogP contribution is -2.30. The standard InChI is InChI=1S/C19H18ClF3N2O3/c1-11(28-18(27)12-4-7-14(8-5-12)25(2)3)17(26)24-16-10-13(19(21,22)23)6-9-15(16)20/h4-11H,1-3H3,(H,24,26)/t11-/m1/s1. The van der Waals surface area contributed by atoms with Gasteiger partial charge in [-0.1, -0.05) is 11.6 Å². The Labute approximate surface area is 165 Å². The Hall–Kier alpha value is -2.74. The molecule has 0 aliphatic heterocycles. The van der Waals surface area contributed by atoms with Crippen LogP contribution in [0.2, 0.25) is 5.02 Å². The van der Waals surface area contributed by atoms with Crippen LogP contribution in [0.1, 0.15) is 22.8 Å². The lowest BCUT2D eigenvalue weighted by atomic mass is 10.2. The maximum atomic E-state index is 12.8. The molecule has 5 nitrogen and oxygen atoms in total. The SMILES string of the molecule is C[C@@H](OC(=O)c1ccc(N(C)C)cc1)C(=O)Nc1cc(C(F)(F)F)ccc1Cl. The van der Waals surface area contributed by atoms with E-state index in [1.807, 2.05) is 19.0 Å². The predicted octanol–water partition coefficient (Wildman–Crippen LogP) is 4.61. The van der Waals surface area contributed by atoms with Crippen molar-refractivity contribution in [2.75, 3.05) is 24.3 Å². The van der Waals surface area contributed by atoms with Crippen molar-refractivity contribution in [3.8, 4) is 0 Å². The highest BCUT2D eigenvalue weighted by Crippen LogP contribution is 2.33. The third-order valence-corrected chi connectivity index (χ3v) is 4.15. The first-order valence-electron chi connectivity index (χ1n) is 8.15. The van der Waals surface area contributed by atoms with Gasteiger partial charge in [0.15, 0.2) is 6.10 Å². The first kappa shape index (κ1) is 21.6. The van der Waals surface area contributed by atoms with E-state index in [1.54, 1.807) is 24.3 Å². The van der Waals surface area contributed by atoms with E-state index >= 15 is 0 Å². The number of halogens is 4. The molecule has 2 aromatic carbocycles. The van der Waals surface area contributed by atoms with Gasteiger partial charge in [0.2, 0.25) is 0 Å². The number of alkyl halides is 3. The van der Waals surface area contributed by atoms with Gasteiger partial charge in [-0.25, -0.2) is 4.79 Å². The highest BCUT2D eigenvalue weighted by molar-refractivity contribution is 6.33.